The van der Waals surface area contributed by atoms with Crippen LogP contribution in [0.5, 0.6) is 0 Å². The number of carbonyl (C=O) groups excluding carboxylic acids is 1. The van der Waals surface area contributed by atoms with Crippen molar-refractivity contribution in [1.82, 2.24) is 0 Å². The molecule has 0 radical (unpaired) electrons. The number of anilines is 2. The van der Waals surface area contributed by atoms with Gasteiger partial charge in [0.1, 0.15) is 0 Å². The van der Waals surface area contributed by atoms with E-state index in [1.54, 1.807) is 6.07 Å². The van der Waals surface area contributed by atoms with Crippen LogP contribution in [0.1, 0.15) is 12.5 Å². The summed E-state index contributed by atoms with van der Waals surface area (Å²) < 4.78 is 29.6. The zero-order valence-corrected chi connectivity index (χ0v) is 11.1. The average molecular weight is 300 g/mol. The van der Waals surface area contributed by atoms with Gasteiger partial charge in [0.05, 0.1) is 0 Å². The first kappa shape index (κ1) is 12.2. The number of nitrogens with two attached hydrogens (primary N) is 1. The summed E-state index contributed by atoms with van der Waals surface area (Å²) in [5, 5.41) is 0. The van der Waals surface area contributed by atoms with Gasteiger partial charge in [0, 0.05) is 0 Å². The Kier molecular flexibility index (Phi) is 2.81. The summed E-state index contributed by atoms with van der Waals surface area (Å²) in [6, 6.07) is 2.90. The number of rotatable bonds is 1. The molecular weight excluding hydrogens is 287 g/mol. The number of benzene rings is 1. The van der Waals surface area contributed by atoms with Crippen LogP contribution in [-0.4, -0.2) is 34.8 Å². The molecule has 0 saturated carbocycles. The van der Waals surface area contributed by atoms with E-state index in [4.69, 9.17) is 5.73 Å². The summed E-state index contributed by atoms with van der Waals surface area (Å²) >= 11 is -5.04. The minimum absolute atomic E-state index is 0.0988. The van der Waals surface area contributed by atoms with Crippen molar-refractivity contribution in [3.8, 4) is 0 Å². The van der Waals surface area contributed by atoms with Gasteiger partial charge < -0.3 is 0 Å². The molecule has 17 heavy (non-hydrogen) atoms. The molecule has 1 aliphatic heterocycles. The maximum absolute atomic E-state index is 11.4. The van der Waals surface area contributed by atoms with Crippen molar-refractivity contribution in [2.45, 2.75) is 13.3 Å². The number of carbonyl (C=O) groups is 1. The van der Waals surface area contributed by atoms with Crippen molar-refractivity contribution in [2.24, 2.45) is 0 Å². The Labute approximate surface area is 101 Å². The van der Waals surface area contributed by atoms with Crippen LogP contribution in [0.3, 0.4) is 0 Å². The normalized spacial score (nSPS) is 14.9. The molecule has 6 nitrogen and oxygen atoms in total. The summed E-state index contributed by atoms with van der Waals surface area (Å²) in [5.41, 5.74) is 7.13. The van der Waals surface area contributed by atoms with E-state index in [1.807, 2.05) is 0 Å². The van der Waals surface area contributed by atoms with Crippen LogP contribution >= 0.6 is 0 Å². The molecule has 0 unspecified atom stereocenters. The van der Waals surface area contributed by atoms with E-state index in [9.17, 15) is 16.7 Å². The molecule has 0 bridgehead atoms. The molecule has 0 saturated heterocycles. The molecule has 2 rings (SSSR count). The van der Waals surface area contributed by atoms with E-state index in [2.05, 4.69) is 0 Å². The van der Waals surface area contributed by atoms with Crippen molar-refractivity contribution in [2.75, 3.05) is 17.2 Å². The Morgan fingerprint density at radius 3 is 2.65 bits per heavy atom. The predicted molar refractivity (Wildman–Crippen MR) is 63.1 cm³/mol. The molecule has 0 fully saturated rings. The molecule has 1 amide bonds. The number of hydrogen-bond donors (Lipinski definition) is 3. The van der Waals surface area contributed by atoms with Gasteiger partial charge in [0.2, 0.25) is 0 Å². The second kappa shape index (κ2) is 3.91. The number of nitrogens with zero attached hydrogens (tertiary/aromatic N) is 1. The van der Waals surface area contributed by atoms with Crippen LogP contribution in [0.15, 0.2) is 12.1 Å². The molecule has 92 valence electrons. The monoisotopic (exact) mass is 300 g/mol. The predicted octanol–water partition coefficient (Wildman–Crippen LogP) is -1.26. The van der Waals surface area contributed by atoms with Crippen molar-refractivity contribution in [3.05, 3.63) is 17.7 Å². The fourth-order valence-electron chi connectivity index (χ4n) is 2.02. The van der Waals surface area contributed by atoms with Crippen molar-refractivity contribution >= 4 is 35.8 Å². The fourth-order valence-corrected chi connectivity index (χ4v) is 3.48. The SMILES string of the molecule is CC(=O)N1CCc2cc(N)c([As](=O)(O)O)cc21. The van der Waals surface area contributed by atoms with Crippen LogP contribution in [0.4, 0.5) is 11.4 Å². The number of fused-ring (bicyclic) bond motifs is 1. The van der Waals surface area contributed by atoms with Gasteiger partial charge >= 0.3 is 101 Å². The molecule has 1 heterocycles. The van der Waals surface area contributed by atoms with Crippen LogP contribution in [0, 0.1) is 0 Å². The Morgan fingerprint density at radius 2 is 2.12 bits per heavy atom. The third-order valence-electron chi connectivity index (χ3n) is 2.82. The molecule has 1 aliphatic rings. The van der Waals surface area contributed by atoms with Gasteiger partial charge in [-0.25, -0.2) is 0 Å². The number of nitrogen functional groups attached to an aromatic ring is 1. The first-order valence-corrected chi connectivity index (χ1v) is 8.45. The first-order valence-electron chi connectivity index (χ1n) is 5.07. The molecule has 0 aromatic heterocycles. The van der Waals surface area contributed by atoms with E-state index in [-0.39, 0.29) is 15.9 Å². The van der Waals surface area contributed by atoms with Gasteiger partial charge in [-0.3, -0.25) is 0 Å². The molecular formula is C10H13AsN2O4. The summed E-state index contributed by atoms with van der Waals surface area (Å²) in [7, 11) is 0. The topological polar surface area (TPSA) is 104 Å². The van der Waals surface area contributed by atoms with E-state index in [0.717, 1.165) is 5.56 Å². The Hall–Kier alpha value is -1.23. The van der Waals surface area contributed by atoms with Crippen LogP contribution < -0.4 is 15.0 Å². The summed E-state index contributed by atoms with van der Waals surface area (Å²) in [4.78, 5) is 12.9. The van der Waals surface area contributed by atoms with Gasteiger partial charge in [-0.05, 0) is 0 Å². The first-order chi connectivity index (χ1) is 7.80. The van der Waals surface area contributed by atoms with Gasteiger partial charge in [0.15, 0.2) is 0 Å². The van der Waals surface area contributed by atoms with Gasteiger partial charge in [-0.15, -0.1) is 0 Å². The molecule has 0 atom stereocenters. The van der Waals surface area contributed by atoms with E-state index in [0.29, 0.717) is 18.7 Å². The summed E-state index contributed by atoms with van der Waals surface area (Å²) in [6.45, 7) is 1.95. The average Bonchev–Trinajstić information content (AvgIpc) is 2.57. The van der Waals surface area contributed by atoms with Crippen molar-refractivity contribution in [1.29, 1.82) is 0 Å². The molecule has 7 heteroatoms. The van der Waals surface area contributed by atoms with E-state index < -0.39 is 14.2 Å². The molecule has 1 aromatic carbocycles. The van der Waals surface area contributed by atoms with Gasteiger partial charge in [-0.2, -0.15) is 0 Å². The maximum atomic E-state index is 11.4. The Balaban J connectivity index is 2.59. The number of amides is 1. The van der Waals surface area contributed by atoms with E-state index in [1.165, 1.54) is 17.9 Å². The van der Waals surface area contributed by atoms with Crippen LogP contribution in [0.2, 0.25) is 0 Å². The van der Waals surface area contributed by atoms with Gasteiger partial charge in [-0.1, -0.05) is 0 Å². The number of hydrogen-bond acceptors (Lipinski definition) is 3. The van der Waals surface area contributed by atoms with Crippen molar-refractivity contribution < 1.29 is 16.7 Å². The van der Waals surface area contributed by atoms with Crippen LogP contribution in [-0.2, 0) is 15.0 Å². The third kappa shape index (κ3) is 2.11. The second-order valence-electron chi connectivity index (χ2n) is 4.00. The minimum atomic E-state index is -5.04. The zero-order valence-electron chi connectivity index (χ0n) is 9.25. The Bertz CT molecular complexity index is 537. The molecule has 1 aromatic rings. The molecule has 0 spiro atoms. The quantitative estimate of drug-likeness (QED) is 0.443. The van der Waals surface area contributed by atoms with Crippen LogP contribution in [0.25, 0.3) is 0 Å². The van der Waals surface area contributed by atoms with E-state index >= 15 is 0 Å². The Morgan fingerprint density at radius 1 is 1.47 bits per heavy atom. The third-order valence-corrected chi connectivity index (χ3v) is 4.95. The fraction of sp³-hybridized carbons (Fsp3) is 0.300. The molecule has 0 aliphatic carbocycles. The molecule has 4 N–H and O–H groups in total. The standard InChI is InChI=1S/C10H13AsN2O4/c1-6(14)13-3-2-7-4-9(12)8(5-10(7)13)11(15,16)17/h4-5H,2-3,12H2,1H3,(H2,15,16,17). The van der Waals surface area contributed by atoms with Crippen molar-refractivity contribution in [3.63, 3.8) is 0 Å². The summed E-state index contributed by atoms with van der Waals surface area (Å²) in [5.74, 6) is -0.141. The zero-order chi connectivity index (χ0) is 12.8. The van der Waals surface area contributed by atoms with Gasteiger partial charge in [0.25, 0.3) is 0 Å². The summed E-state index contributed by atoms with van der Waals surface area (Å²) in [6.07, 6.45) is 0.660. The second-order valence-corrected chi connectivity index (χ2v) is 7.30.